The van der Waals surface area contributed by atoms with Crippen LogP contribution in [0.2, 0.25) is 0 Å². The minimum absolute atomic E-state index is 0.00543. The molecule has 0 aliphatic carbocycles. The number of rotatable bonds is 14. The Hall–Kier alpha value is -5.49. The summed E-state index contributed by atoms with van der Waals surface area (Å²) in [5.41, 5.74) is 16.9. The number of sulfonamides is 1. The van der Waals surface area contributed by atoms with Gasteiger partial charge >= 0.3 is 5.69 Å². The molecule has 1 fully saturated rings. The molecule has 0 saturated carbocycles. The van der Waals surface area contributed by atoms with E-state index in [1.807, 2.05) is 62.5 Å². The van der Waals surface area contributed by atoms with Crippen LogP contribution in [0.3, 0.4) is 0 Å². The number of hydrogen-bond donors (Lipinski definition) is 5. The topological polar surface area (TPSA) is 220 Å². The van der Waals surface area contributed by atoms with Gasteiger partial charge in [-0.3, -0.25) is 9.56 Å². The molecule has 16 nitrogen and oxygen atoms in total. The predicted molar refractivity (Wildman–Crippen MR) is 251 cm³/mol. The van der Waals surface area contributed by atoms with Crippen molar-refractivity contribution in [3.63, 3.8) is 0 Å². The van der Waals surface area contributed by atoms with Gasteiger partial charge in [0.2, 0.25) is 10.0 Å². The first kappa shape index (κ1) is 47.0. The fourth-order valence-electron chi connectivity index (χ4n) is 7.57. The molecule has 0 radical (unpaired) electrons. The fourth-order valence-corrected chi connectivity index (χ4v) is 9.29. The number of nitrogens with two attached hydrogens (primary N) is 2. The smallest absolute Gasteiger partial charge is 0.354 e. The average Bonchev–Trinajstić information content (AvgIpc) is 3.85. The number of nitrogens with one attached hydrogen (secondary N) is 3. The number of aromatic nitrogens is 7. The number of benzene rings is 2. The number of H-pyrrole nitrogens is 1. The monoisotopic (exact) mass is 880 g/mol. The Labute approximate surface area is 371 Å². The zero-order valence-corrected chi connectivity index (χ0v) is 38.9. The molecule has 1 saturated heterocycles. The number of hydrogen-bond acceptors (Lipinski definition) is 10. The third kappa shape index (κ3) is 12.2. The summed E-state index contributed by atoms with van der Waals surface area (Å²) in [6, 6.07) is 19.3. The molecule has 6 aromatic rings. The van der Waals surface area contributed by atoms with Crippen LogP contribution >= 0.6 is 0 Å². The number of nitrogens with zero attached hydrogens (tertiary/aromatic N) is 8. The minimum atomic E-state index is -3.61. The molecule has 1 aliphatic rings. The van der Waals surface area contributed by atoms with Crippen molar-refractivity contribution in [1.82, 2.24) is 49.1 Å². The Morgan fingerprint density at radius 2 is 1.62 bits per heavy atom. The molecule has 2 aromatic carbocycles. The highest BCUT2D eigenvalue weighted by Gasteiger charge is 2.32. The molecule has 338 valence electrons. The van der Waals surface area contributed by atoms with Crippen LogP contribution in [-0.4, -0.2) is 91.6 Å². The molecule has 7 N–H and O–H groups in total. The van der Waals surface area contributed by atoms with Crippen LogP contribution in [0.25, 0.3) is 22.5 Å². The number of aliphatic imine (C=N–C) groups is 1. The van der Waals surface area contributed by atoms with Crippen LogP contribution in [0.5, 0.6) is 0 Å². The van der Waals surface area contributed by atoms with Crippen LogP contribution in [0.4, 0.5) is 0 Å². The summed E-state index contributed by atoms with van der Waals surface area (Å²) < 4.78 is 32.5. The summed E-state index contributed by atoms with van der Waals surface area (Å²) in [7, 11) is -3.61. The van der Waals surface area contributed by atoms with Crippen molar-refractivity contribution >= 4 is 32.8 Å². The summed E-state index contributed by atoms with van der Waals surface area (Å²) in [5, 5.41) is 12.2. The van der Waals surface area contributed by atoms with E-state index in [4.69, 9.17) is 11.5 Å². The van der Waals surface area contributed by atoms with Crippen LogP contribution in [0.1, 0.15) is 101 Å². The van der Waals surface area contributed by atoms with Gasteiger partial charge in [0, 0.05) is 66.2 Å². The predicted octanol–water partition coefficient (Wildman–Crippen LogP) is 5.18. The molecule has 0 spiro atoms. The number of aryl methyl sites for hydroxylation is 3. The van der Waals surface area contributed by atoms with Crippen molar-refractivity contribution < 1.29 is 8.42 Å². The van der Waals surface area contributed by atoms with Crippen molar-refractivity contribution in [2.24, 2.45) is 16.5 Å². The van der Waals surface area contributed by atoms with E-state index in [2.05, 4.69) is 88.3 Å². The Morgan fingerprint density at radius 1 is 0.921 bits per heavy atom. The van der Waals surface area contributed by atoms with E-state index >= 15 is 0 Å². The Morgan fingerprint density at radius 3 is 2.27 bits per heavy atom. The second-order valence-corrected chi connectivity index (χ2v) is 20.3. The van der Waals surface area contributed by atoms with Crippen LogP contribution in [0, 0.1) is 13.8 Å². The van der Waals surface area contributed by atoms with Crippen molar-refractivity contribution in [2.75, 3.05) is 32.7 Å². The van der Waals surface area contributed by atoms with Crippen molar-refractivity contribution in [3.05, 3.63) is 111 Å². The molecule has 17 heteroatoms. The summed E-state index contributed by atoms with van der Waals surface area (Å²) in [4.78, 5) is 33.3. The van der Waals surface area contributed by atoms with Crippen molar-refractivity contribution in [3.8, 4) is 5.69 Å². The first-order chi connectivity index (χ1) is 29.8. The highest BCUT2D eigenvalue weighted by atomic mass is 32.2. The molecular formula is C46H65N13O3S. The van der Waals surface area contributed by atoms with E-state index in [1.54, 1.807) is 25.5 Å². The Bertz CT molecular complexity index is 2660. The number of fused-ring (bicyclic) bond motifs is 2. The maximum atomic E-state index is 13.7. The van der Waals surface area contributed by atoms with Gasteiger partial charge in [-0.15, -0.1) is 5.10 Å². The lowest BCUT2D eigenvalue weighted by Crippen LogP contribution is -2.46. The number of piperidine rings is 1. The Balaban J connectivity index is 0.000000213. The number of guanidine groups is 1. The molecule has 5 heterocycles. The van der Waals surface area contributed by atoms with Gasteiger partial charge in [0.1, 0.15) is 5.65 Å². The molecule has 0 bridgehead atoms. The molecule has 0 unspecified atom stereocenters. The fraction of sp³-hybridized carbons (Fsp3) is 0.478. The SMILES string of the molecule is CC(C)(C)c1cc2cn(-c3ccc(CNCCCN=C(N)N)cc3)c(=O)nc2[nH]1.Cc1cc(C)n2nc(CCCN(C3CCNCC3)S(=O)(=O)c3ccc(C(C)(C)C)cc3)nc2n1. The van der Waals surface area contributed by atoms with Gasteiger partial charge < -0.3 is 27.1 Å². The van der Waals surface area contributed by atoms with Gasteiger partial charge in [-0.2, -0.15) is 14.3 Å². The van der Waals surface area contributed by atoms with Gasteiger partial charge in [0.15, 0.2) is 11.8 Å². The van der Waals surface area contributed by atoms with Crippen LogP contribution < -0.4 is 27.8 Å². The van der Waals surface area contributed by atoms with Gasteiger partial charge in [0.05, 0.1) is 10.6 Å². The zero-order chi connectivity index (χ0) is 45.5. The molecule has 7 rings (SSSR count). The molecule has 0 amide bonds. The molecule has 0 atom stereocenters. The first-order valence-corrected chi connectivity index (χ1v) is 23.2. The van der Waals surface area contributed by atoms with E-state index < -0.39 is 10.0 Å². The van der Waals surface area contributed by atoms with Crippen LogP contribution in [0.15, 0.2) is 81.5 Å². The van der Waals surface area contributed by atoms with Crippen molar-refractivity contribution in [1.29, 1.82) is 0 Å². The quantitative estimate of drug-likeness (QED) is 0.0546. The summed E-state index contributed by atoms with van der Waals surface area (Å²) in [6.45, 7) is 21.0. The second kappa shape index (κ2) is 19.9. The molecule has 63 heavy (non-hydrogen) atoms. The summed E-state index contributed by atoms with van der Waals surface area (Å²) in [6.07, 6.45) is 5.58. The van der Waals surface area contributed by atoms with Gasteiger partial charge in [-0.05, 0) is 112 Å². The molecule has 4 aromatic heterocycles. The van der Waals surface area contributed by atoms with Gasteiger partial charge in [-0.1, -0.05) is 65.8 Å². The van der Waals surface area contributed by atoms with Crippen molar-refractivity contribution in [2.45, 2.75) is 116 Å². The zero-order valence-electron chi connectivity index (χ0n) is 38.1. The van der Waals surface area contributed by atoms with E-state index in [9.17, 15) is 13.2 Å². The third-order valence-electron chi connectivity index (χ3n) is 11.1. The van der Waals surface area contributed by atoms with Crippen LogP contribution in [-0.2, 0) is 33.8 Å². The van der Waals surface area contributed by atoms with E-state index in [0.717, 1.165) is 84.7 Å². The lowest BCUT2D eigenvalue weighted by molar-refractivity contribution is 0.259. The molecule has 1 aliphatic heterocycles. The van der Waals surface area contributed by atoms with E-state index in [0.29, 0.717) is 48.1 Å². The standard InChI is InChI=1S/C25H36N6O2S.C21H29N7O/c1-18-17-19(2)31-24(27-18)28-23(29-31)7-6-16-30(21-12-14-26-15-13-21)34(32,33)22-10-8-20(9-11-22)25(3,4)5;1-21(2,3)17-11-15-13-28(20(29)27-18(15)26-17)16-7-5-14(6-8-16)12-24-9-4-10-25-19(22)23/h8-11,17,21,26H,6-7,12-16H2,1-5H3;5-8,11,13,24H,4,9-10,12H2,1-3H3,(H4,22,23,25)(H,26,27,29). The normalized spacial score (nSPS) is 14.0. The maximum Gasteiger partial charge on any atom is 0.354 e. The highest BCUT2D eigenvalue weighted by Crippen LogP contribution is 2.28. The largest absolute Gasteiger partial charge is 0.370 e. The minimum Gasteiger partial charge on any atom is -0.370 e. The Kier molecular flexibility index (Phi) is 14.9. The molecular weight excluding hydrogens is 815 g/mol. The van der Waals surface area contributed by atoms with E-state index in [1.165, 1.54) is 0 Å². The summed E-state index contributed by atoms with van der Waals surface area (Å²) in [5.74, 6) is 1.41. The summed E-state index contributed by atoms with van der Waals surface area (Å²) >= 11 is 0. The third-order valence-corrected chi connectivity index (χ3v) is 13.1. The lowest BCUT2D eigenvalue weighted by Gasteiger charge is -2.34. The maximum absolute atomic E-state index is 13.7. The first-order valence-electron chi connectivity index (χ1n) is 21.8. The van der Waals surface area contributed by atoms with E-state index in [-0.39, 0.29) is 28.5 Å². The second-order valence-electron chi connectivity index (χ2n) is 18.4. The van der Waals surface area contributed by atoms with Gasteiger partial charge in [0.25, 0.3) is 5.78 Å². The lowest BCUT2D eigenvalue weighted by atomic mass is 9.87. The average molecular weight is 880 g/mol. The van der Waals surface area contributed by atoms with Gasteiger partial charge in [-0.25, -0.2) is 22.7 Å². The highest BCUT2D eigenvalue weighted by molar-refractivity contribution is 7.89. The number of aromatic amines is 1.